The van der Waals surface area contributed by atoms with E-state index in [1.54, 1.807) is 33.1 Å². The summed E-state index contributed by atoms with van der Waals surface area (Å²) in [6.07, 6.45) is 4.63. The van der Waals surface area contributed by atoms with Gasteiger partial charge in [0.1, 0.15) is 22.7 Å². The molecule has 1 N–H and O–H groups in total. The number of carbonyl (C=O) groups excluding carboxylic acids is 4. The first-order valence-electron chi connectivity index (χ1n) is 20.1. The van der Waals surface area contributed by atoms with Crippen molar-refractivity contribution in [3.63, 3.8) is 0 Å². The molecule has 0 radical (unpaired) electrons. The molecule has 0 aliphatic carbocycles. The largest absolute Gasteiger partial charge is 0.461 e. The van der Waals surface area contributed by atoms with E-state index in [0.29, 0.717) is 37.4 Å². The molecule has 54 heavy (non-hydrogen) atoms. The third kappa shape index (κ3) is 13.9. The summed E-state index contributed by atoms with van der Waals surface area (Å²) in [5.41, 5.74) is -0.481. The fraction of sp³-hybridized carbons (Fsp3) is 0.825. The topological polar surface area (TPSA) is 137 Å². The first kappa shape index (κ1) is 47.6. The van der Waals surface area contributed by atoms with E-state index in [0.717, 1.165) is 32.1 Å². The Balaban J connectivity index is 2.59. The standard InChI is InChI=1S/C40H72N4O8SSi/c1-15-18-21-24-50-44(36(46)33(28(6)16-2)42-34(45)30-22-19-20-23-43(30)38(48)51-39(7,8)9)31(27(4)5)25-32(52-54(13,14)40(10,11)12)35-41-29(26-53-35)37(47)49-17-3/h26-28,30-33H,15-25H2,1-14H3,(H,42,45)/t28-,30+,31+,32+,33-/m0/s1. The number of unbranched alkanes of at least 4 members (excludes halogenated alkanes) is 2. The Kier molecular flexibility index (Phi) is 18.6. The smallest absolute Gasteiger partial charge is 0.410 e. The van der Waals surface area contributed by atoms with Crippen molar-refractivity contribution in [3.8, 4) is 0 Å². The Bertz CT molecular complexity index is 1360. The lowest BCUT2D eigenvalue weighted by Crippen LogP contribution is -2.60. The van der Waals surface area contributed by atoms with Crippen LogP contribution in [-0.2, 0) is 28.3 Å². The monoisotopic (exact) mass is 796 g/mol. The van der Waals surface area contributed by atoms with Crippen molar-refractivity contribution in [2.45, 2.75) is 182 Å². The summed E-state index contributed by atoms with van der Waals surface area (Å²) < 4.78 is 18.0. The molecule has 14 heteroatoms. The highest BCUT2D eigenvalue weighted by Crippen LogP contribution is 2.42. The van der Waals surface area contributed by atoms with Crippen LogP contribution in [-0.4, -0.2) is 90.6 Å². The Hall–Kier alpha value is -2.55. The van der Waals surface area contributed by atoms with Gasteiger partial charge in [0.25, 0.3) is 5.91 Å². The van der Waals surface area contributed by atoms with Crippen molar-refractivity contribution in [2.75, 3.05) is 19.8 Å². The maximum Gasteiger partial charge on any atom is 0.410 e. The van der Waals surface area contributed by atoms with Gasteiger partial charge >= 0.3 is 12.1 Å². The van der Waals surface area contributed by atoms with Gasteiger partial charge in [-0.1, -0.05) is 74.7 Å². The van der Waals surface area contributed by atoms with Crippen molar-refractivity contribution in [2.24, 2.45) is 11.8 Å². The molecule has 0 spiro atoms. The number of amides is 3. The van der Waals surface area contributed by atoms with Gasteiger partial charge in [-0.2, -0.15) is 0 Å². The highest BCUT2D eigenvalue weighted by Gasteiger charge is 2.44. The second-order valence-electron chi connectivity index (χ2n) is 17.5. The van der Waals surface area contributed by atoms with E-state index < -0.39 is 50.2 Å². The molecule has 0 bridgehead atoms. The number of aromatic nitrogens is 1. The minimum Gasteiger partial charge on any atom is -0.461 e. The summed E-state index contributed by atoms with van der Waals surface area (Å²) in [7, 11) is -2.39. The number of hydrogen-bond acceptors (Lipinski definition) is 10. The van der Waals surface area contributed by atoms with E-state index in [4.69, 9.17) is 23.7 Å². The maximum atomic E-state index is 15.0. The molecule has 1 aromatic heterocycles. The van der Waals surface area contributed by atoms with Crippen molar-refractivity contribution >= 4 is 43.5 Å². The quantitative estimate of drug-likeness (QED) is 0.0629. The molecule has 1 saturated heterocycles. The van der Waals surface area contributed by atoms with E-state index in [-0.39, 0.29) is 41.0 Å². The van der Waals surface area contributed by atoms with Crippen LogP contribution in [0.1, 0.15) is 156 Å². The number of piperidine rings is 1. The Labute approximate surface area is 330 Å². The SMILES string of the molecule is CCCCCON(C(=O)[C@@H](NC(=O)[C@H]1CCCCN1C(=O)OC(C)(C)C)[C@@H](C)CC)[C@H](C[C@@H](O[Si](C)(C)C(C)(C)C)c1nc(C(=O)OCC)cs1)C(C)C. The van der Waals surface area contributed by atoms with Gasteiger partial charge < -0.3 is 19.2 Å². The van der Waals surface area contributed by atoms with Crippen LogP contribution in [0.3, 0.4) is 0 Å². The molecule has 0 saturated carbocycles. The lowest BCUT2D eigenvalue weighted by atomic mass is 9.93. The first-order chi connectivity index (χ1) is 25.1. The van der Waals surface area contributed by atoms with Gasteiger partial charge in [-0.25, -0.2) is 19.6 Å². The van der Waals surface area contributed by atoms with Gasteiger partial charge in [0.05, 0.1) is 25.4 Å². The second-order valence-corrected chi connectivity index (χ2v) is 23.1. The highest BCUT2D eigenvalue weighted by molar-refractivity contribution is 7.09. The molecule has 310 valence electrons. The van der Waals surface area contributed by atoms with E-state index in [1.807, 2.05) is 27.7 Å². The average molecular weight is 797 g/mol. The number of likely N-dealkylation sites (tertiary alicyclic amines) is 1. The number of nitrogens with one attached hydrogen (secondary N) is 1. The molecular weight excluding hydrogens is 725 g/mol. The lowest BCUT2D eigenvalue weighted by molar-refractivity contribution is -0.212. The summed E-state index contributed by atoms with van der Waals surface area (Å²) in [6.45, 7) is 29.2. The van der Waals surface area contributed by atoms with Crippen molar-refractivity contribution in [1.29, 1.82) is 0 Å². The number of nitrogens with zero attached hydrogens (tertiary/aromatic N) is 3. The van der Waals surface area contributed by atoms with Crippen LogP contribution in [0.2, 0.25) is 18.1 Å². The van der Waals surface area contributed by atoms with Gasteiger partial charge in [-0.15, -0.1) is 11.3 Å². The summed E-state index contributed by atoms with van der Waals surface area (Å²) in [5, 5.41) is 6.79. The number of thiazole rings is 1. The number of hydrogen-bond donors (Lipinski definition) is 1. The molecule has 1 aliphatic rings. The number of ether oxygens (including phenoxy) is 2. The highest BCUT2D eigenvalue weighted by atomic mass is 32.1. The van der Waals surface area contributed by atoms with Gasteiger partial charge in [0.2, 0.25) is 5.91 Å². The van der Waals surface area contributed by atoms with Gasteiger partial charge in [0.15, 0.2) is 14.0 Å². The van der Waals surface area contributed by atoms with Crippen molar-refractivity contribution in [3.05, 3.63) is 16.1 Å². The predicted molar refractivity (Wildman–Crippen MR) is 217 cm³/mol. The minimum atomic E-state index is -2.39. The Morgan fingerprint density at radius 1 is 1.04 bits per heavy atom. The molecule has 1 aliphatic heterocycles. The van der Waals surface area contributed by atoms with E-state index >= 15 is 0 Å². The normalized spacial score (nSPS) is 17.8. The van der Waals surface area contributed by atoms with Gasteiger partial charge in [-0.05, 0) is 83.3 Å². The number of hydroxylamine groups is 2. The number of rotatable bonds is 19. The van der Waals surface area contributed by atoms with Gasteiger partial charge in [0, 0.05) is 18.3 Å². The third-order valence-corrected chi connectivity index (χ3v) is 15.9. The summed E-state index contributed by atoms with van der Waals surface area (Å²) >= 11 is 1.35. The summed E-state index contributed by atoms with van der Waals surface area (Å²) in [6, 6.07) is -2.14. The van der Waals surface area contributed by atoms with Crippen LogP contribution in [0.15, 0.2) is 5.38 Å². The molecule has 1 fully saturated rings. The first-order valence-corrected chi connectivity index (χ1v) is 23.9. The van der Waals surface area contributed by atoms with Crippen molar-refractivity contribution in [1.82, 2.24) is 20.3 Å². The average Bonchev–Trinajstić information content (AvgIpc) is 3.58. The van der Waals surface area contributed by atoms with Crippen LogP contribution in [0.4, 0.5) is 4.79 Å². The molecule has 1 aromatic rings. The van der Waals surface area contributed by atoms with Crippen LogP contribution in [0.25, 0.3) is 0 Å². The number of esters is 1. The maximum absolute atomic E-state index is 15.0. The Morgan fingerprint density at radius 2 is 1.70 bits per heavy atom. The van der Waals surface area contributed by atoms with Crippen LogP contribution in [0, 0.1) is 11.8 Å². The molecule has 3 amide bonds. The third-order valence-electron chi connectivity index (χ3n) is 10.5. The van der Waals surface area contributed by atoms with Gasteiger partial charge in [-0.3, -0.25) is 19.3 Å². The molecule has 0 unspecified atom stereocenters. The Morgan fingerprint density at radius 3 is 2.26 bits per heavy atom. The molecular formula is C40H72N4O8SSi. The van der Waals surface area contributed by atoms with Crippen LogP contribution < -0.4 is 5.32 Å². The molecule has 2 heterocycles. The van der Waals surface area contributed by atoms with E-state index in [2.05, 4.69) is 46.1 Å². The zero-order valence-electron chi connectivity index (χ0n) is 35.8. The number of carbonyl (C=O) groups is 4. The van der Waals surface area contributed by atoms with Crippen molar-refractivity contribution < 1.29 is 37.9 Å². The molecule has 12 nitrogen and oxygen atoms in total. The summed E-state index contributed by atoms with van der Waals surface area (Å²) in [5.74, 6) is -1.52. The minimum absolute atomic E-state index is 0.0792. The fourth-order valence-corrected chi connectivity index (χ4v) is 8.16. The molecule has 0 aromatic carbocycles. The predicted octanol–water partition coefficient (Wildman–Crippen LogP) is 9.07. The van der Waals surface area contributed by atoms with E-state index in [9.17, 15) is 19.2 Å². The van der Waals surface area contributed by atoms with Crippen LogP contribution in [0.5, 0.6) is 0 Å². The fourth-order valence-electron chi connectivity index (χ4n) is 5.97. The summed E-state index contributed by atoms with van der Waals surface area (Å²) in [4.78, 5) is 67.7. The zero-order valence-corrected chi connectivity index (χ0v) is 37.7. The lowest BCUT2D eigenvalue weighted by Gasteiger charge is -2.42. The zero-order chi connectivity index (χ0) is 41.0. The molecule has 2 rings (SSSR count). The van der Waals surface area contributed by atoms with E-state index in [1.165, 1.54) is 21.3 Å². The molecule has 5 atom stereocenters. The second kappa shape index (κ2) is 21.1. The van der Waals surface area contributed by atoms with Crippen LogP contribution >= 0.6 is 11.3 Å².